The van der Waals surface area contributed by atoms with Gasteiger partial charge in [0.25, 0.3) is 5.91 Å². The molecule has 0 aliphatic heterocycles. The smallest absolute Gasteiger partial charge is 0.332 e. The van der Waals surface area contributed by atoms with Crippen LogP contribution in [0.4, 0.5) is 5.69 Å². The number of esters is 1. The fraction of sp³-hybridized carbons (Fsp3) is 0.250. The fourth-order valence-corrected chi connectivity index (χ4v) is 1.24. The van der Waals surface area contributed by atoms with E-state index in [9.17, 15) is 9.59 Å². The maximum Gasteiger partial charge on any atom is 0.332 e. The van der Waals surface area contributed by atoms with Gasteiger partial charge in [-0.3, -0.25) is 4.79 Å². The number of hydrogen-bond acceptors (Lipinski definition) is 5. The van der Waals surface area contributed by atoms with Crippen LogP contribution in [0.15, 0.2) is 24.3 Å². The van der Waals surface area contributed by atoms with E-state index in [1.165, 1.54) is 0 Å². The molecule has 0 aliphatic rings. The van der Waals surface area contributed by atoms with Gasteiger partial charge in [0.2, 0.25) is 0 Å². The minimum Gasteiger partial charge on any atom is -0.464 e. The van der Waals surface area contributed by atoms with E-state index in [-0.39, 0.29) is 6.61 Å². The van der Waals surface area contributed by atoms with Crippen LogP contribution in [0.3, 0.4) is 0 Å². The SMILES string of the molecule is CCOC(=O)C(N)C(=O)Nc1ccccc1C#N. The Bertz CT molecular complexity index is 494. The molecule has 0 aromatic heterocycles. The largest absolute Gasteiger partial charge is 0.464 e. The molecule has 0 radical (unpaired) electrons. The Hall–Kier alpha value is -2.39. The van der Waals surface area contributed by atoms with Crippen molar-refractivity contribution in [3.05, 3.63) is 29.8 Å². The van der Waals surface area contributed by atoms with Crippen molar-refractivity contribution in [3.63, 3.8) is 0 Å². The average Bonchev–Trinajstić information content (AvgIpc) is 2.38. The van der Waals surface area contributed by atoms with Gasteiger partial charge in [0.1, 0.15) is 6.07 Å². The summed E-state index contributed by atoms with van der Waals surface area (Å²) in [7, 11) is 0. The highest BCUT2D eigenvalue weighted by atomic mass is 16.5. The van der Waals surface area contributed by atoms with E-state index in [0.717, 1.165) is 0 Å². The Labute approximate surface area is 104 Å². The van der Waals surface area contributed by atoms with Gasteiger partial charge in [0, 0.05) is 0 Å². The van der Waals surface area contributed by atoms with Crippen molar-refractivity contribution < 1.29 is 14.3 Å². The van der Waals surface area contributed by atoms with Crippen LogP contribution in [0, 0.1) is 11.3 Å². The molecule has 1 rings (SSSR count). The van der Waals surface area contributed by atoms with Crippen LogP contribution in [0.25, 0.3) is 0 Å². The van der Waals surface area contributed by atoms with Crippen molar-refractivity contribution in [3.8, 4) is 6.07 Å². The van der Waals surface area contributed by atoms with Gasteiger partial charge in [-0.2, -0.15) is 5.26 Å². The molecular formula is C12H13N3O3. The van der Waals surface area contributed by atoms with Gasteiger partial charge in [-0.1, -0.05) is 12.1 Å². The molecule has 1 aromatic rings. The first-order chi connectivity index (χ1) is 8.60. The summed E-state index contributed by atoms with van der Waals surface area (Å²) in [4.78, 5) is 22.9. The molecule has 1 aromatic carbocycles. The highest BCUT2D eigenvalue weighted by Gasteiger charge is 2.23. The van der Waals surface area contributed by atoms with Gasteiger partial charge in [-0.25, -0.2) is 4.79 Å². The molecule has 0 aliphatic carbocycles. The number of para-hydroxylation sites is 1. The van der Waals surface area contributed by atoms with Crippen LogP contribution in [-0.2, 0) is 14.3 Å². The molecule has 1 amide bonds. The summed E-state index contributed by atoms with van der Waals surface area (Å²) >= 11 is 0. The second kappa shape index (κ2) is 6.37. The van der Waals surface area contributed by atoms with E-state index in [0.29, 0.717) is 11.3 Å². The summed E-state index contributed by atoms with van der Waals surface area (Å²) in [6.07, 6.45) is 0. The lowest BCUT2D eigenvalue weighted by Gasteiger charge is -2.11. The number of carbonyl (C=O) groups is 2. The zero-order valence-corrected chi connectivity index (χ0v) is 9.84. The van der Waals surface area contributed by atoms with Crippen molar-refractivity contribution in [1.29, 1.82) is 5.26 Å². The minimum atomic E-state index is -1.41. The molecule has 1 unspecified atom stereocenters. The molecule has 18 heavy (non-hydrogen) atoms. The Morgan fingerprint density at radius 1 is 1.50 bits per heavy atom. The van der Waals surface area contributed by atoms with Crippen LogP contribution in [-0.4, -0.2) is 24.5 Å². The first kappa shape index (κ1) is 13.7. The van der Waals surface area contributed by atoms with Crippen molar-refractivity contribution in [2.45, 2.75) is 13.0 Å². The van der Waals surface area contributed by atoms with Crippen LogP contribution < -0.4 is 11.1 Å². The molecule has 0 heterocycles. The van der Waals surface area contributed by atoms with Gasteiger partial charge < -0.3 is 15.8 Å². The Morgan fingerprint density at radius 2 is 2.17 bits per heavy atom. The lowest BCUT2D eigenvalue weighted by molar-refractivity contribution is -0.146. The monoisotopic (exact) mass is 247 g/mol. The van der Waals surface area contributed by atoms with E-state index in [2.05, 4.69) is 10.1 Å². The quantitative estimate of drug-likeness (QED) is 0.591. The summed E-state index contributed by atoms with van der Waals surface area (Å²) in [6, 6.07) is 6.94. The molecule has 3 N–H and O–H groups in total. The maximum atomic E-state index is 11.7. The molecule has 6 heteroatoms. The van der Waals surface area contributed by atoms with Gasteiger partial charge in [-0.05, 0) is 19.1 Å². The normalized spacial score (nSPS) is 11.2. The maximum absolute atomic E-state index is 11.7. The van der Waals surface area contributed by atoms with E-state index in [4.69, 9.17) is 11.0 Å². The first-order valence-corrected chi connectivity index (χ1v) is 5.32. The van der Waals surface area contributed by atoms with Gasteiger partial charge in [0.05, 0.1) is 17.9 Å². The molecule has 0 saturated carbocycles. The Kier molecular flexibility index (Phi) is 4.84. The van der Waals surface area contributed by atoms with E-state index in [1.807, 2.05) is 6.07 Å². The number of nitrogens with one attached hydrogen (secondary N) is 1. The lowest BCUT2D eigenvalue weighted by atomic mass is 10.2. The Morgan fingerprint density at radius 3 is 2.78 bits per heavy atom. The number of anilines is 1. The van der Waals surface area contributed by atoms with Gasteiger partial charge in [-0.15, -0.1) is 0 Å². The Balaban J connectivity index is 2.76. The number of amides is 1. The number of hydrogen-bond donors (Lipinski definition) is 2. The fourth-order valence-electron chi connectivity index (χ4n) is 1.24. The highest BCUT2D eigenvalue weighted by Crippen LogP contribution is 2.13. The first-order valence-electron chi connectivity index (χ1n) is 5.32. The van der Waals surface area contributed by atoms with Crippen LogP contribution in [0.5, 0.6) is 0 Å². The van der Waals surface area contributed by atoms with Gasteiger partial charge in [0.15, 0.2) is 6.04 Å². The zero-order valence-electron chi connectivity index (χ0n) is 9.84. The third-order valence-corrected chi connectivity index (χ3v) is 2.13. The highest BCUT2D eigenvalue weighted by molar-refractivity contribution is 6.08. The van der Waals surface area contributed by atoms with Crippen LogP contribution >= 0.6 is 0 Å². The molecule has 0 spiro atoms. The standard InChI is InChI=1S/C12H13N3O3/c1-2-18-12(17)10(14)11(16)15-9-6-4-3-5-8(9)7-13/h3-6,10H,2,14H2,1H3,(H,15,16). The van der Waals surface area contributed by atoms with Gasteiger partial charge >= 0.3 is 5.97 Å². The second-order valence-corrected chi connectivity index (χ2v) is 3.38. The van der Waals surface area contributed by atoms with Crippen molar-refractivity contribution in [1.82, 2.24) is 0 Å². The predicted octanol–water partition coefficient (Wildman–Crippen LogP) is 0.387. The molecule has 0 saturated heterocycles. The van der Waals surface area contributed by atoms with Crippen molar-refractivity contribution >= 4 is 17.6 Å². The van der Waals surface area contributed by atoms with E-state index >= 15 is 0 Å². The summed E-state index contributed by atoms with van der Waals surface area (Å²) in [5.41, 5.74) is 6.02. The van der Waals surface area contributed by atoms with E-state index in [1.54, 1.807) is 31.2 Å². The molecule has 6 nitrogen and oxygen atoms in total. The van der Waals surface area contributed by atoms with Crippen molar-refractivity contribution in [2.24, 2.45) is 5.73 Å². The number of carbonyl (C=O) groups excluding carboxylic acids is 2. The molecule has 0 fully saturated rings. The molecule has 0 bridgehead atoms. The van der Waals surface area contributed by atoms with Crippen molar-refractivity contribution in [2.75, 3.05) is 11.9 Å². The zero-order chi connectivity index (χ0) is 13.5. The number of nitrogens with zero attached hydrogens (tertiary/aromatic N) is 1. The second-order valence-electron chi connectivity index (χ2n) is 3.38. The number of rotatable bonds is 4. The number of nitrogens with two attached hydrogens (primary N) is 1. The number of nitriles is 1. The van der Waals surface area contributed by atoms with Crippen LogP contribution in [0.2, 0.25) is 0 Å². The average molecular weight is 247 g/mol. The number of benzene rings is 1. The topological polar surface area (TPSA) is 105 Å². The summed E-state index contributed by atoms with van der Waals surface area (Å²) in [5.74, 6) is -1.51. The van der Waals surface area contributed by atoms with E-state index < -0.39 is 17.9 Å². The predicted molar refractivity (Wildman–Crippen MR) is 64.4 cm³/mol. The summed E-state index contributed by atoms with van der Waals surface area (Å²) in [5, 5.41) is 11.3. The molecule has 94 valence electrons. The third-order valence-electron chi connectivity index (χ3n) is 2.13. The third kappa shape index (κ3) is 3.30. The summed E-state index contributed by atoms with van der Waals surface area (Å²) < 4.78 is 4.63. The molecule has 1 atom stereocenters. The summed E-state index contributed by atoms with van der Waals surface area (Å²) in [6.45, 7) is 1.77. The lowest BCUT2D eigenvalue weighted by Crippen LogP contribution is -2.43. The number of ether oxygens (including phenoxy) is 1. The molecular weight excluding hydrogens is 234 g/mol. The van der Waals surface area contributed by atoms with Crippen LogP contribution in [0.1, 0.15) is 12.5 Å². The minimum absolute atomic E-state index is 0.147.